The SMILES string of the molecule is C#CC(C)(C)N1CCN(C[C@@H](O)C[C@@H](Cc2cccnc2)C(=O)N[C@H]2c3ccccc3OC[C@H]2O)[C@H](C(=O)NCC(F)(F)F)C1.CC(C)(c1cn(-c2ccccc2)nn1)N1CCN(C[C@@H](O)C[C@@H](Cc2cccnc2)C(=O)N[C@H]2c3ccccc3OC[C@H]2O)[C@H](C(=O)NCC(F)(F)F)C1. The Labute approximate surface area is 570 Å². The fourth-order valence-corrected chi connectivity index (χ4v) is 12.8. The van der Waals surface area contributed by atoms with E-state index in [4.69, 9.17) is 15.9 Å². The van der Waals surface area contributed by atoms with Gasteiger partial charge in [0, 0.05) is 100 Å². The van der Waals surface area contributed by atoms with Crippen molar-refractivity contribution in [3.05, 3.63) is 162 Å². The number of benzene rings is 3. The summed E-state index contributed by atoms with van der Waals surface area (Å²) < 4.78 is 91.3. The number of fused-ring (bicyclic) bond motifs is 2. The van der Waals surface area contributed by atoms with Crippen molar-refractivity contribution in [3.63, 3.8) is 0 Å². The zero-order valence-electron chi connectivity index (χ0n) is 55.4. The Balaban J connectivity index is 0.000000235. The number of para-hydroxylation sites is 3. The van der Waals surface area contributed by atoms with Gasteiger partial charge in [-0.25, -0.2) is 4.68 Å². The van der Waals surface area contributed by atoms with Crippen molar-refractivity contribution >= 4 is 23.6 Å². The molecule has 0 unspecified atom stereocenters. The summed E-state index contributed by atoms with van der Waals surface area (Å²) >= 11 is 0. The molecule has 23 nitrogen and oxygen atoms in total. The van der Waals surface area contributed by atoms with E-state index in [-0.39, 0.29) is 78.2 Å². The lowest BCUT2D eigenvalue weighted by molar-refractivity contribution is -0.144. The van der Waals surface area contributed by atoms with Gasteiger partial charge < -0.3 is 51.2 Å². The number of pyridine rings is 2. The van der Waals surface area contributed by atoms with Gasteiger partial charge in [-0.3, -0.25) is 48.7 Å². The smallest absolute Gasteiger partial charge is 0.405 e. The molecule has 0 spiro atoms. The van der Waals surface area contributed by atoms with Crippen LogP contribution in [0.2, 0.25) is 0 Å². The number of carbonyl (C=O) groups excluding carboxylic acids is 4. The Hall–Kier alpha value is -8.60. The monoisotopic (exact) mass is 1380 g/mol. The second-order valence-electron chi connectivity index (χ2n) is 26.3. The molecule has 29 heteroatoms. The first-order chi connectivity index (χ1) is 47.0. The molecule has 6 aromatic rings. The molecule has 0 saturated carbocycles. The third-order valence-electron chi connectivity index (χ3n) is 18.4. The third-order valence-corrected chi connectivity index (χ3v) is 18.4. The number of amides is 4. The molecule has 0 bridgehead atoms. The first-order valence-electron chi connectivity index (χ1n) is 32.7. The Morgan fingerprint density at radius 2 is 1.06 bits per heavy atom. The molecule has 2 fully saturated rings. The lowest BCUT2D eigenvalue weighted by Crippen LogP contribution is -2.64. The predicted octanol–water partition coefficient (Wildman–Crippen LogP) is 4.46. The Kier molecular flexibility index (Phi) is 24.9. The molecule has 532 valence electrons. The van der Waals surface area contributed by atoms with E-state index in [1.54, 1.807) is 120 Å². The number of alkyl halides is 6. The van der Waals surface area contributed by atoms with Crippen LogP contribution < -0.4 is 30.7 Å². The van der Waals surface area contributed by atoms with E-state index >= 15 is 0 Å². The van der Waals surface area contributed by atoms with Crippen molar-refractivity contribution in [1.29, 1.82) is 0 Å². The highest BCUT2D eigenvalue weighted by Crippen LogP contribution is 2.36. The van der Waals surface area contributed by atoms with Crippen molar-refractivity contribution < 1.29 is 75.4 Å². The maximum Gasteiger partial charge on any atom is 0.405 e. The Bertz CT molecular complexity index is 3680. The molecule has 2 saturated heterocycles. The third kappa shape index (κ3) is 20.3. The van der Waals surface area contributed by atoms with E-state index in [9.17, 15) is 65.9 Å². The molecule has 4 aliphatic rings. The number of terminal acetylenes is 1. The molecular weight excluding hydrogens is 1300 g/mol. The Morgan fingerprint density at radius 1 is 0.616 bits per heavy atom. The first-order valence-corrected chi connectivity index (χ1v) is 32.7. The van der Waals surface area contributed by atoms with E-state index in [1.165, 1.54) is 0 Å². The van der Waals surface area contributed by atoms with Crippen molar-refractivity contribution in [2.24, 2.45) is 11.8 Å². The van der Waals surface area contributed by atoms with E-state index in [2.05, 4.69) is 36.8 Å². The number of aliphatic hydroxyl groups excluding tert-OH is 4. The quantitative estimate of drug-likeness (QED) is 0.0307. The van der Waals surface area contributed by atoms with Crippen LogP contribution in [0.3, 0.4) is 0 Å². The summed E-state index contributed by atoms with van der Waals surface area (Å²) in [6, 6.07) is 27.2. The fourth-order valence-electron chi connectivity index (χ4n) is 12.8. The minimum atomic E-state index is -4.62. The van der Waals surface area contributed by atoms with Gasteiger partial charge in [-0.1, -0.05) is 77.9 Å². The van der Waals surface area contributed by atoms with Crippen molar-refractivity contribution in [3.8, 4) is 29.5 Å². The number of ether oxygens (including phenoxy) is 2. The summed E-state index contributed by atoms with van der Waals surface area (Å²) in [7, 11) is 0. The van der Waals surface area contributed by atoms with Crippen LogP contribution in [-0.4, -0.2) is 222 Å². The minimum Gasteiger partial charge on any atom is -0.490 e. The maximum absolute atomic E-state index is 13.9. The van der Waals surface area contributed by atoms with Gasteiger partial charge in [-0.15, -0.1) is 11.5 Å². The zero-order valence-corrected chi connectivity index (χ0v) is 55.4. The van der Waals surface area contributed by atoms with Gasteiger partial charge in [0.15, 0.2) is 0 Å². The molecule has 99 heavy (non-hydrogen) atoms. The standard InChI is InChI=1S/C38H45F3N8O5.C32H40F3N5O5/c1-37(2,33-22-49(46-45-33)27-10-4-3-5-11-27)48-16-15-47(30(21-48)36(53)43-24-38(39,40)41)20-28(50)18-26(17-25-9-8-14-42-19-25)35(52)44-34-29-12-6-7-13-32(29)54-23-31(34)51;1-4-31(2,3)40-13-12-39(25(18-40)30(44)37-20-32(33,34)35)17-23(41)15-22(14-21-8-7-11-36-16-21)29(43)38-28-24-9-5-6-10-27(24)45-19-26(28)42/h3-14,19,22,26,28,30-31,34,50-51H,15-18,20-21,23-24H2,1-2H3,(H,43,53)(H,44,52);1,5-11,16,22-23,25-26,28,41-42H,12-15,17-20H2,2-3H3,(H,37,44)(H,38,43)/t26-,28+,30+,31-,34+;22-,23+,25+,26-,28+/m11/s1. The summed E-state index contributed by atoms with van der Waals surface area (Å²) in [6.45, 7) is 5.71. The number of nitrogens with zero attached hydrogens (tertiary/aromatic N) is 9. The average molecular weight is 1380 g/mol. The molecule has 4 amide bonds. The van der Waals surface area contributed by atoms with Gasteiger partial charge in [0.2, 0.25) is 23.6 Å². The number of hydrogen-bond acceptors (Lipinski definition) is 18. The number of carbonyl (C=O) groups is 4. The average Bonchev–Trinajstić information content (AvgIpc) is 1.70. The van der Waals surface area contributed by atoms with Crippen molar-refractivity contribution in [2.45, 2.75) is 125 Å². The number of hydrogen-bond donors (Lipinski definition) is 8. The molecule has 0 radical (unpaired) electrons. The molecule has 10 atom stereocenters. The highest BCUT2D eigenvalue weighted by Gasteiger charge is 2.44. The fraction of sp³-hybridized carbons (Fsp3) is 0.486. The zero-order chi connectivity index (χ0) is 71.2. The lowest BCUT2D eigenvalue weighted by Gasteiger charge is -2.47. The van der Waals surface area contributed by atoms with E-state index in [0.717, 1.165) is 16.8 Å². The molecule has 8 N–H and O–H groups in total. The number of β-amino-alcohol motifs (C(OH)–C–C–N with tert-alkyl or cyclic N) is 2. The van der Waals surface area contributed by atoms with E-state index in [0.29, 0.717) is 41.4 Å². The van der Waals surface area contributed by atoms with Crippen molar-refractivity contribution in [1.82, 2.24) is 65.8 Å². The second-order valence-corrected chi connectivity index (χ2v) is 26.3. The summed E-state index contributed by atoms with van der Waals surface area (Å²) in [5, 5.41) is 62.8. The molecular formula is C70H85F6N13O10. The van der Waals surface area contributed by atoms with Gasteiger partial charge in [-0.2, -0.15) is 26.3 Å². The maximum atomic E-state index is 13.9. The van der Waals surface area contributed by atoms with Gasteiger partial charge >= 0.3 is 12.4 Å². The number of piperazine rings is 2. The second kappa shape index (κ2) is 33.0. The largest absolute Gasteiger partial charge is 0.490 e. The normalized spacial score (nSPS) is 21.4. The molecule has 4 aliphatic heterocycles. The topological polar surface area (TPSA) is 285 Å². The number of aromatic nitrogens is 5. The number of rotatable bonds is 24. The van der Waals surface area contributed by atoms with Crippen LogP contribution in [0.1, 0.15) is 80.6 Å². The van der Waals surface area contributed by atoms with Crippen LogP contribution in [-0.2, 0) is 37.6 Å². The van der Waals surface area contributed by atoms with E-state index in [1.807, 2.05) is 76.7 Å². The van der Waals surface area contributed by atoms with Gasteiger partial charge in [-0.05, 0) is 101 Å². The molecule has 3 aromatic carbocycles. The highest BCUT2D eigenvalue weighted by molar-refractivity contribution is 5.83. The van der Waals surface area contributed by atoms with Gasteiger partial charge in [0.25, 0.3) is 0 Å². The van der Waals surface area contributed by atoms with E-state index < -0.39 is 121 Å². The van der Waals surface area contributed by atoms with Crippen molar-refractivity contribution in [2.75, 3.05) is 78.7 Å². The highest BCUT2D eigenvalue weighted by atomic mass is 19.4. The van der Waals surface area contributed by atoms with Crippen LogP contribution in [0.4, 0.5) is 26.3 Å². The number of aliphatic hydroxyl groups is 4. The number of halogens is 6. The summed E-state index contributed by atoms with van der Waals surface area (Å²) in [5.41, 5.74) is 2.67. The molecule has 10 rings (SSSR count). The summed E-state index contributed by atoms with van der Waals surface area (Å²) in [5.74, 6) is -0.243. The van der Waals surface area contributed by atoms with Crippen LogP contribution in [0.5, 0.6) is 11.5 Å². The first kappa shape index (κ1) is 74.6. The minimum absolute atomic E-state index is 0.00188. The number of nitrogens with one attached hydrogen (secondary N) is 4. The molecule has 3 aromatic heterocycles. The van der Waals surface area contributed by atoms with Gasteiger partial charge in [0.1, 0.15) is 67.8 Å². The summed E-state index contributed by atoms with van der Waals surface area (Å²) in [4.78, 5) is 69.5. The van der Waals surface area contributed by atoms with Crippen LogP contribution in [0.25, 0.3) is 5.69 Å². The van der Waals surface area contributed by atoms with Crippen LogP contribution in [0, 0.1) is 24.2 Å². The predicted molar refractivity (Wildman–Crippen MR) is 351 cm³/mol. The summed E-state index contributed by atoms with van der Waals surface area (Å²) in [6.07, 6.45) is 0.872. The molecule has 7 heterocycles. The Morgan fingerprint density at radius 3 is 1.51 bits per heavy atom. The lowest BCUT2D eigenvalue weighted by atomic mass is 9.91. The van der Waals surface area contributed by atoms with Gasteiger partial charge in [0.05, 0.1) is 47.3 Å². The van der Waals surface area contributed by atoms with Crippen LogP contribution >= 0.6 is 0 Å². The van der Waals surface area contributed by atoms with Crippen LogP contribution in [0.15, 0.2) is 134 Å². The molecule has 0 aliphatic carbocycles.